The number of ether oxygens (including phenoxy) is 1. The number of Topliss-reactive ketones (excluding diaryl/α,β-unsaturated/α-hetero) is 1. The molecule has 1 aliphatic rings. The average Bonchev–Trinajstić information content (AvgIpc) is 2.59. The molecule has 4 nitrogen and oxygen atoms in total. The van der Waals surface area contributed by atoms with Crippen molar-refractivity contribution in [3.8, 4) is 5.75 Å². The molecule has 0 bridgehead atoms. The number of aliphatic hydroxyl groups excluding tert-OH is 1. The number of carbonyl (C=O) groups excluding carboxylic acids is 1. The van der Waals surface area contributed by atoms with E-state index in [1.807, 2.05) is 6.08 Å². The van der Waals surface area contributed by atoms with Crippen LogP contribution in [0.2, 0.25) is 0 Å². The highest BCUT2D eigenvalue weighted by atomic mass is 16.5. The quantitative estimate of drug-likeness (QED) is 0.582. The molecule has 0 aromatic heterocycles. The molecule has 0 unspecified atom stereocenters. The van der Waals surface area contributed by atoms with Gasteiger partial charge < -0.3 is 14.9 Å². The third-order valence-electron chi connectivity index (χ3n) is 5.22. The molecule has 4 heteroatoms. The Bertz CT molecular complexity index is 685. The van der Waals surface area contributed by atoms with Crippen LogP contribution in [-0.2, 0) is 4.74 Å². The zero-order valence-electron chi connectivity index (χ0n) is 16.8. The third kappa shape index (κ3) is 6.33. The van der Waals surface area contributed by atoms with Gasteiger partial charge in [0.25, 0.3) is 0 Å². The molecule has 1 aliphatic carbocycles. The molecular weight excluding hydrogens is 340 g/mol. The van der Waals surface area contributed by atoms with Crippen molar-refractivity contribution in [1.82, 2.24) is 0 Å². The normalized spacial score (nSPS) is 28.1. The van der Waals surface area contributed by atoms with E-state index >= 15 is 0 Å². The first kappa shape index (κ1) is 21.4. The van der Waals surface area contributed by atoms with Crippen molar-refractivity contribution in [3.63, 3.8) is 0 Å². The number of phenols is 1. The van der Waals surface area contributed by atoms with Gasteiger partial charge in [-0.1, -0.05) is 37.1 Å². The van der Waals surface area contributed by atoms with Gasteiger partial charge in [0.15, 0.2) is 5.78 Å². The molecule has 0 spiro atoms. The minimum absolute atomic E-state index is 0.0403. The number of carbonyl (C=O) groups is 1. The third-order valence-corrected chi connectivity index (χ3v) is 5.22. The average molecular weight is 373 g/mol. The summed E-state index contributed by atoms with van der Waals surface area (Å²) in [7, 11) is 0. The van der Waals surface area contributed by atoms with E-state index in [-0.39, 0.29) is 36.1 Å². The van der Waals surface area contributed by atoms with Gasteiger partial charge in [0.2, 0.25) is 0 Å². The molecule has 0 heterocycles. The van der Waals surface area contributed by atoms with Gasteiger partial charge in [0.1, 0.15) is 12.4 Å². The van der Waals surface area contributed by atoms with Gasteiger partial charge in [-0.3, -0.25) is 4.79 Å². The summed E-state index contributed by atoms with van der Waals surface area (Å²) in [6, 6.07) is 6.19. The summed E-state index contributed by atoms with van der Waals surface area (Å²) in [6.45, 7) is 8.26. The Labute approximate surface area is 162 Å². The summed E-state index contributed by atoms with van der Waals surface area (Å²) < 4.78 is 6.07. The van der Waals surface area contributed by atoms with Crippen molar-refractivity contribution in [3.05, 3.63) is 53.1 Å². The molecule has 2 N–H and O–H groups in total. The maximum Gasteiger partial charge on any atom is 0.188 e. The lowest BCUT2D eigenvalue weighted by Crippen LogP contribution is -2.38. The fourth-order valence-corrected chi connectivity index (χ4v) is 3.70. The van der Waals surface area contributed by atoms with E-state index in [1.54, 1.807) is 12.1 Å². The van der Waals surface area contributed by atoms with E-state index in [1.165, 1.54) is 23.3 Å². The number of phenolic OH excluding ortho intramolecular Hbond substituents is 1. The van der Waals surface area contributed by atoms with Crippen LogP contribution in [0.3, 0.4) is 0 Å². The van der Waals surface area contributed by atoms with Crippen LogP contribution in [0.4, 0.5) is 0 Å². The first-order valence-corrected chi connectivity index (χ1v) is 9.72. The Morgan fingerprint density at radius 2 is 1.85 bits per heavy atom. The predicted octanol–water partition coefficient (Wildman–Crippen LogP) is 4.67. The van der Waals surface area contributed by atoms with Gasteiger partial charge in [-0.05, 0) is 63.3 Å². The lowest BCUT2D eigenvalue weighted by molar-refractivity contribution is -0.0348. The summed E-state index contributed by atoms with van der Waals surface area (Å²) in [5, 5.41) is 20.2. The van der Waals surface area contributed by atoms with E-state index in [0.717, 1.165) is 12.8 Å². The fourth-order valence-electron chi connectivity index (χ4n) is 3.70. The second-order valence-electron chi connectivity index (χ2n) is 7.94. The van der Waals surface area contributed by atoms with Gasteiger partial charge in [0.05, 0.1) is 12.2 Å². The van der Waals surface area contributed by atoms with Gasteiger partial charge in [-0.15, -0.1) is 0 Å². The van der Waals surface area contributed by atoms with Gasteiger partial charge >= 0.3 is 0 Å². The standard InChI is InChI=1S/C23H32O4/c1-15(2)23-20(25)12-16(3)6-5-7-17(4)13-22(23)27-14-21(26)18-8-10-19(24)11-9-18/h7-12,15,20,22-25H,5-6,13-14H2,1-4H3/b16-12+,17-7+/t20-,22-,23-/m1/s1. The van der Waals surface area contributed by atoms with Gasteiger partial charge in [-0.2, -0.15) is 0 Å². The van der Waals surface area contributed by atoms with Crippen molar-refractivity contribution in [2.24, 2.45) is 11.8 Å². The van der Waals surface area contributed by atoms with Gasteiger partial charge in [-0.25, -0.2) is 0 Å². The molecule has 0 radical (unpaired) electrons. The number of rotatable bonds is 5. The molecule has 2 rings (SSSR count). The summed E-state index contributed by atoms with van der Waals surface area (Å²) in [5.41, 5.74) is 2.92. The minimum atomic E-state index is -0.593. The van der Waals surface area contributed by atoms with Crippen LogP contribution in [0.25, 0.3) is 0 Å². The zero-order valence-corrected chi connectivity index (χ0v) is 16.8. The Kier molecular flexibility index (Phi) is 7.81. The summed E-state index contributed by atoms with van der Waals surface area (Å²) in [5.74, 6) is 0.127. The van der Waals surface area contributed by atoms with Crippen LogP contribution in [0, 0.1) is 11.8 Å². The lowest BCUT2D eigenvalue weighted by atomic mass is 9.81. The summed E-state index contributed by atoms with van der Waals surface area (Å²) >= 11 is 0. The summed E-state index contributed by atoms with van der Waals surface area (Å²) in [4.78, 5) is 12.5. The molecule has 148 valence electrons. The Morgan fingerprint density at radius 1 is 1.19 bits per heavy atom. The number of aliphatic hydroxyl groups is 1. The molecule has 1 aromatic carbocycles. The van der Waals surface area contributed by atoms with Crippen LogP contribution in [0.5, 0.6) is 5.75 Å². The molecule has 0 saturated heterocycles. The van der Waals surface area contributed by atoms with E-state index in [9.17, 15) is 15.0 Å². The Balaban J connectivity index is 2.18. The zero-order chi connectivity index (χ0) is 20.0. The SMILES string of the molecule is C/C1=C\[C@@H](O)[C@@H](C(C)C)[C@H](OCC(=O)c2ccc(O)cc2)C/C(C)=C/CC1. The Morgan fingerprint density at radius 3 is 2.48 bits per heavy atom. The van der Waals surface area contributed by atoms with E-state index < -0.39 is 6.10 Å². The highest BCUT2D eigenvalue weighted by Gasteiger charge is 2.32. The fraction of sp³-hybridized carbons (Fsp3) is 0.522. The number of allylic oxidation sites excluding steroid dienone is 2. The van der Waals surface area contributed by atoms with Crippen molar-refractivity contribution in [1.29, 1.82) is 0 Å². The lowest BCUT2D eigenvalue weighted by Gasteiger charge is -2.34. The second kappa shape index (κ2) is 9.86. The van der Waals surface area contributed by atoms with Gasteiger partial charge in [0, 0.05) is 11.5 Å². The number of benzene rings is 1. The number of aromatic hydroxyl groups is 1. The first-order chi connectivity index (χ1) is 12.8. The van der Waals surface area contributed by atoms with Crippen LogP contribution < -0.4 is 0 Å². The van der Waals surface area contributed by atoms with E-state index in [0.29, 0.717) is 12.0 Å². The van der Waals surface area contributed by atoms with Crippen LogP contribution in [0.15, 0.2) is 47.6 Å². The minimum Gasteiger partial charge on any atom is -0.508 e. The molecule has 3 atom stereocenters. The molecule has 0 saturated carbocycles. The van der Waals surface area contributed by atoms with Crippen LogP contribution in [-0.4, -0.2) is 34.8 Å². The highest BCUT2D eigenvalue weighted by molar-refractivity contribution is 5.97. The summed E-state index contributed by atoms with van der Waals surface area (Å²) in [6.07, 6.45) is 5.94. The van der Waals surface area contributed by atoms with Crippen LogP contribution >= 0.6 is 0 Å². The Hall–Kier alpha value is -1.91. The molecule has 1 aromatic rings. The number of hydrogen-bond acceptors (Lipinski definition) is 4. The van der Waals surface area contributed by atoms with Crippen molar-refractivity contribution >= 4 is 5.78 Å². The monoisotopic (exact) mass is 372 g/mol. The highest BCUT2D eigenvalue weighted by Crippen LogP contribution is 2.30. The van der Waals surface area contributed by atoms with E-state index in [2.05, 4.69) is 33.8 Å². The van der Waals surface area contributed by atoms with Crippen molar-refractivity contribution in [2.45, 2.75) is 59.2 Å². The maximum absolute atomic E-state index is 12.5. The molecular formula is C23H32O4. The first-order valence-electron chi connectivity index (χ1n) is 9.72. The van der Waals surface area contributed by atoms with Crippen molar-refractivity contribution in [2.75, 3.05) is 6.61 Å². The molecule has 0 fully saturated rings. The molecule has 0 aliphatic heterocycles. The maximum atomic E-state index is 12.5. The topological polar surface area (TPSA) is 66.8 Å². The van der Waals surface area contributed by atoms with Crippen molar-refractivity contribution < 1.29 is 19.7 Å². The largest absolute Gasteiger partial charge is 0.508 e. The number of ketones is 1. The predicted molar refractivity (Wildman–Crippen MR) is 108 cm³/mol. The molecule has 27 heavy (non-hydrogen) atoms. The van der Waals surface area contributed by atoms with Crippen LogP contribution in [0.1, 0.15) is 57.3 Å². The molecule has 0 amide bonds. The number of hydrogen-bond donors (Lipinski definition) is 2. The second-order valence-corrected chi connectivity index (χ2v) is 7.94. The smallest absolute Gasteiger partial charge is 0.188 e. The van der Waals surface area contributed by atoms with E-state index in [4.69, 9.17) is 4.74 Å².